The molecule has 23 heavy (non-hydrogen) atoms. The van der Waals surface area contributed by atoms with Crippen LogP contribution >= 0.6 is 8.15 Å². The Balaban J connectivity index is 1.96. The maximum absolute atomic E-state index is 6.51. The molecule has 0 saturated heterocycles. The Morgan fingerprint density at radius 3 is 2.09 bits per heavy atom. The molecule has 1 unspecified atom stereocenters. The van der Waals surface area contributed by atoms with Gasteiger partial charge in [-0.15, -0.1) is 0 Å². The van der Waals surface area contributed by atoms with Gasteiger partial charge in [0.15, 0.2) is 8.15 Å². The van der Waals surface area contributed by atoms with Gasteiger partial charge >= 0.3 is 0 Å². The minimum absolute atomic E-state index is 0.823. The highest BCUT2D eigenvalue weighted by atomic mass is 31.1. The van der Waals surface area contributed by atoms with Crippen LogP contribution in [-0.2, 0) is 0 Å². The van der Waals surface area contributed by atoms with Crippen molar-refractivity contribution in [2.24, 2.45) is 0 Å². The number of hydrogen-bond donors (Lipinski definition) is 0. The second-order valence-corrected chi connectivity index (χ2v) is 7.85. The van der Waals surface area contributed by atoms with E-state index in [0.29, 0.717) is 0 Å². The highest BCUT2D eigenvalue weighted by Crippen LogP contribution is 2.48. The number of para-hydroxylation sites is 1. The lowest BCUT2D eigenvalue weighted by molar-refractivity contribution is 0.628. The predicted octanol–water partition coefficient (Wildman–Crippen LogP) is 5.02. The van der Waals surface area contributed by atoms with Crippen LogP contribution in [0.25, 0.3) is 11.1 Å². The van der Waals surface area contributed by atoms with Crippen molar-refractivity contribution in [2.45, 2.75) is 20.8 Å². The SMILES string of the molecule is Cc1cc(C)c(P2Oc3ccccc3-c3ccccc32)c(C)c1. The van der Waals surface area contributed by atoms with E-state index in [1.807, 2.05) is 0 Å². The van der Waals surface area contributed by atoms with Crippen LogP contribution in [0.15, 0.2) is 60.7 Å². The molecule has 3 aromatic carbocycles. The molecular formula is C21H19OP. The fourth-order valence-electron chi connectivity index (χ4n) is 3.45. The lowest BCUT2D eigenvalue weighted by Gasteiger charge is -2.30. The Bertz CT molecular complexity index is 875. The van der Waals surface area contributed by atoms with Crippen LogP contribution in [0.2, 0.25) is 0 Å². The lowest BCUT2D eigenvalue weighted by atomic mass is 10.0. The molecule has 0 amide bonds. The van der Waals surface area contributed by atoms with Crippen molar-refractivity contribution in [3.8, 4) is 16.9 Å². The maximum atomic E-state index is 6.51. The molecule has 1 nitrogen and oxygen atoms in total. The summed E-state index contributed by atoms with van der Waals surface area (Å²) in [6, 6.07) is 21.5. The molecule has 1 aliphatic heterocycles. The first-order valence-electron chi connectivity index (χ1n) is 7.89. The predicted molar refractivity (Wildman–Crippen MR) is 99.3 cm³/mol. The Morgan fingerprint density at radius 1 is 0.739 bits per heavy atom. The van der Waals surface area contributed by atoms with Gasteiger partial charge in [0, 0.05) is 16.2 Å². The van der Waals surface area contributed by atoms with Crippen LogP contribution in [0.5, 0.6) is 5.75 Å². The third-order valence-corrected chi connectivity index (χ3v) is 6.65. The Hall–Kier alpha value is -2.11. The normalized spacial score (nSPS) is 15.5. The molecule has 0 radical (unpaired) electrons. The highest BCUT2D eigenvalue weighted by Gasteiger charge is 2.29. The van der Waals surface area contributed by atoms with E-state index in [2.05, 4.69) is 81.4 Å². The van der Waals surface area contributed by atoms with Gasteiger partial charge in [-0.1, -0.05) is 60.2 Å². The lowest BCUT2D eigenvalue weighted by Crippen LogP contribution is -2.24. The summed E-state index contributed by atoms with van der Waals surface area (Å²) in [6.07, 6.45) is 0. The van der Waals surface area contributed by atoms with Crippen molar-refractivity contribution in [3.63, 3.8) is 0 Å². The van der Waals surface area contributed by atoms with Gasteiger partial charge in [0.1, 0.15) is 5.75 Å². The third-order valence-electron chi connectivity index (χ3n) is 4.33. The van der Waals surface area contributed by atoms with Crippen LogP contribution in [0.1, 0.15) is 16.7 Å². The molecular weight excluding hydrogens is 299 g/mol. The zero-order chi connectivity index (χ0) is 16.0. The van der Waals surface area contributed by atoms with Crippen molar-refractivity contribution in [1.29, 1.82) is 0 Å². The fourth-order valence-corrected chi connectivity index (χ4v) is 5.65. The van der Waals surface area contributed by atoms with Gasteiger partial charge in [0.05, 0.1) is 0 Å². The molecule has 0 N–H and O–H groups in total. The third kappa shape index (κ3) is 2.36. The molecule has 2 heteroatoms. The van der Waals surface area contributed by atoms with Gasteiger partial charge in [-0.3, -0.25) is 0 Å². The zero-order valence-corrected chi connectivity index (χ0v) is 14.5. The summed E-state index contributed by atoms with van der Waals surface area (Å²) in [7, 11) is -0.823. The quantitative estimate of drug-likeness (QED) is 0.573. The van der Waals surface area contributed by atoms with Crippen LogP contribution < -0.4 is 15.1 Å². The van der Waals surface area contributed by atoms with Gasteiger partial charge < -0.3 is 4.52 Å². The van der Waals surface area contributed by atoms with Gasteiger partial charge in [-0.2, -0.15) is 0 Å². The molecule has 1 aliphatic rings. The summed E-state index contributed by atoms with van der Waals surface area (Å²) in [6.45, 7) is 6.55. The fraction of sp³-hybridized carbons (Fsp3) is 0.143. The van der Waals surface area contributed by atoms with E-state index in [-0.39, 0.29) is 0 Å². The average Bonchev–Trinajstić information content (AvgIpc) is 2.54. The summed E-state index contributed by atoms with van der Waals surface area (Å²) >= 11 is 0. The van der Waals surface area contributed by atoms with Gasteiger partial charge in [-0.25, -0.2) is 0 Å². The molecule has 1 heterocycles. The van der Waals surface area contributed by atoms with E-state index in [4.69, 9.17) is 4.52 Å². The Morgan fingerprint density at radius 2 is 1.35 bits per heavy atom. The molecule has 0 bridgehead atoms. The Labute approximate surface area is 138 Å². The molecule has 114 valence electrons. The van der Waals surface area contributed by atoms with E-state index in [1.54, 1.807) is 0 Å². The maximum Gasteiger partial charge on any atom is 0.151 e. The second kappa shape index (κ2) is 5.51. The first-order valence-corrected chi connectivity index (χ1v) is 9.15. The van der Waals surface area contributed by atoms with Crippen molar-refractivity contribution >= 4 is 18.8 Å². The number of benzene rings is 3. The molecule has 0 aliphatic carbocycles. The number of rotatable bonds is 1. The second-order valence-electron chi connectivity index (χ2n) is 6.15. The summed E-state index contributed by atoms with van der Waals surface area (Å²) in [4.78, 5) is 0. The van der Waals surface area contributed by atoms with Crippen LogP contribution in [-0.4, -0.2) is 0 Å². The topological polar surface area (TPSA) is 9.23 Å². The highest BCUT2D eigenvalue weighted by molar-refractivity contribution is 7.69. The van der Waals surface area contributed by atoms with Gasteiger partial charge in [0.2, 0.25) is 0 Å². The van der Waals surface area contributed by atoms with Crippen LogP contribution in [0, 0.1) is 20.8 Å². The standard InChI is InChI=1S/C21H19OP/c1-14-12-15(2)21(16(3)13-14)23-20-11-7-5-9-18(20)17-8-4-6-10-19(17)22-23/h4-13H,1-3H3. The molecule has 3 aromatic rings. The summed E-state index contributed by atoms with van der Waals surface area (Å²) < 4.78 is 6.51. The van der Waals surface area contributed by atoms with E-state index in [9.17, 15) is 0 Å². The van der Waals surface area contributed by atoms with Crippen LogP contribution in [0.3, 0.4) is 0 Å². The first kappa shape index (κ1) is 14.5. The Kier molecular flexibility index (Phi) is 3.47. The van der Waals surface area contributed by atoms with E-state index in [0.717, 1.165) is 5.75 Å². The summed E-state index contributed by atoms with van der Waals surface area (Å²) in [5.74, 6) is 0.997. The van der Waals surface area contributed by atoms with Crippen molar-refractivity contribution < 1.29 is 4.52 Å². The minimum atomic E-state index is -0.823. The number of hydrogen-bond acceptors (Lipinski definition) is 1. The monoisotopic (exact) mass is 318 g/mol. The average molecular weight is 318 g/mol. The minimum Gasteiger partial charge on any atom is -0.464 e. The largest absolute Gasteiger partial charge is 0.464 e. The molecule has 0 spiro atoms. The van der Waals surface area contributed by atoms with Crippen molar-refractivity contribution in [2.75, 3.05) is 0 Å². The number of aryl methyl sites for hydroxylation is 3. The van der Waals surface area contributed by atoms with Crippen molar-refractivity contribution in [3.05, 3.63) is 77.4 Å². The van der Waals surface area contributed by atoms with E-state index < -0.39 is 8.15 Å². The van der Waals surface area contributed by atoms with Gasteiger partial charge in [-0.05, 0) is 43.5 Å². The smallest absolute Gasteiger partial charge is 0.151 e. The van der Waals surface area contributed by atoms with Crippen LogP contribution in [0.4, 0.5) is 0 Å². The summed E-state index contributed by atoms with van der Waals surface area (Å²) in [5, 5.41) is 2.67. The molecule has 0 fully saturated rings. The van der Waals surface area contributed by atoms with E-state index >= 15 is 0 Å². The molecule has 4 rings (SSSR count). The molecule has 0 saturated carbocycles. The molecule has 1 atom stereocenters. The van der Waals surface area contributed by atoms with Gasteiger partial charge in [0.25, 0.3) is 0 Å². The molecule has 0 aromatic heterocycles. The first-order chi connectivity index (χ1) is 11.1. The number of fused-ring (bicyclic) bond motifs is 3. The summed E-state index contributed by atoms with van der Waals surface area (Å²) in [5.41, 5.74) is 6.46. The zero-order valence-electron chi connectivity index (χ0n) is 13.6. The van der Waals surface area contributed by atoms with E-state index in [1.165, 1.54) is 38.4 Å². The van der Waals surface area contributed by atoms with Crippen molar-refractivity contribution in [1.82, 2.24) is 0 Å².